The molecule has 106 valence electrons. The van der Waals surface area contributed by atoms with Crippen LogP contribution in [0.25, 0.3) is 11.4 Å². The van der Waals surface area contributed by atoms with Gasteiger partial charge in [0, 0.05) is 27.8 Å². The third-order valence-corrected chi connectivity index (χ3v) is 3.32. The molecule has 2 N–H and O–H groups in total. The van der Waals surface area contributed by atoms with Crippen molar-refractivity contribution in [3.8, 4) is 11.4 Å². The first-order valence-electron chi connectivity index (χ1n) is 6.23. The van der Waals surface area contributed by atoms with Gasteiger partial charge in [0.25, 0.3) is 0 Å². The van der Waals surface area contributed by atoms with Gasteiger partial charge in [-0.15, -0.1) is 10.2 Å². The lowest BCUT2D eigenvalue weighted by Gasteiger charge is -2.08. The average molecular weight is 320 g/mol. The number of tetrazole rings is 1. The summed E-state index contributed by atoms with van der Waals surface area (Å²) in [4.78, 5) is 0. The number of H-pyrrole nitrogens is 1. The molecule has 0 radical (unpaired) electrons. The maximum Gasteiger partial charge on any atom is 0.204 e. The fourth-order valence-corrected chi connectivity index (χ4v) is 2.54. The Kier molecular flexibility index (Phi) is 4.03. The SMILES string of the molecule is Clc1cc(Cl)cc(CNc2cccc(-c3nn[nH]n3)c2)c1. The number of nitrogens with zero attached hydrogens (tertiary/aromatic N) is 3. The Morgan fingerprint density at radius 3 is 2.57 bits per heavy atom. The summed E-state index contributed by atoms with van der Waals surface area (Å²) in [6.07, 6.45) is 0. The van der Waals surface area contributed by atoms with E-state index in [0.717, 1.165) is 16.8 Å². The molecule has 0 atom stereocenters. The van der Waals surface area contributed by atoms with Gasteiger partial charge in [-0.25, -0.2) is 0 Å². The number of aromatic amines is 1. The van der Waals surface area contributed by atoms with Gasteiger partial charge in [0.2, 0.25) is 5.82 Å². The van der Waals surface area contributed by atoms with Crippen LogP contribution in [0.15, 0.2) is 42.5 Å². The summed E-state index contributed by atoms with van der Waals surface area (Å²) >= 11 is 12.0. The molecule has 0 aliphatic heterocycles. The standard InChI is InChI=1S/C14H11Cl2N5/c15-11-4-9(5-12(16)7-11)8-17-13-3-1-2-10(6-13)14-18-20-21-19-14/h1-7,17H,8H2,(H,18,19,20,21). The van der Waals surface area contributed by atoms with Crippen molar-refractivity contribution in [3.63, 3.8) is 0 Å². The lowest BCUT2D eigenvalue weighted by molar-refractivity contribution is 0.881. The van der Waals surface area contributed by atoms with E-state index < -0.39 is 0 Å². The molecule has 1 heterocycles. The summed E-state index contributed by atoms with van der Waals surface area (Å²) < 4.78 is 0. The zero-order valence-corrected chi connectivity index (χ0v) is 12.4. The van der Waals surface area contributed by atoms with Crippen LogP contribution in [0.4, 0.5) is 5.69 Å². The number of aromatic nitrogens is 4. The van der Waals surface area contributed by atoms with Crippen molar-refractivity contribution in [2.24, 2.45) is 0 Å². The molecule has 5 nitrogen and oxygen atoms in total. The summed E-state index contributed by atoms with van der Waals surface area (Å²) in [5.41, 5.74) is 2.85. The van der Waals surface area contributed by atoms with Gasteiger partial charge in [0.1, 0.15) is 0 Å². The van der Waals surface area contributed by atoms with Crippen LogP contribution >= 0.6 is 23.2 Å². The van der Waals surface area contributed by atoms with Crippen molar-refractivity contribution in [3.05, 3.63) is 58.1 Å². The van der Waals surface area contributed by atoms with Gasteiger partial charge in [0.05, 0.1) is 0 Å². The first-order valence-corrected chi connectivity index (χ1v) is 6.99. The zero-order chi connectivity index (χ0) is 14.7. The molecule has 0 fully saturated rings. The zero-order valence-electron chi connectivity index (χ0n) is 10.8. The normalized spacial score (nSPS) is 10.6. The highest BCUT2D eigenvalue weighted by Crippen LogP contribution is 2.21. The topological polar surface area (TPSA) is 66.5 Å². The maximum atomic E-state index is 5.99. The van der Waals surface area contributed by atoms with E-state index in [4.69, 9.17) is 23.2 Å². The van der Waals surface area contributed by atoms with Crippen molar-refractivity contribution < 1.29 is 0 Å². The van der Waals surface area contributed by atoms with Gasteiger partial charge in [-0.1, -0.05) is 35.3 Å². The molecule has 0 unspecified atom stereocenters. The molecule has 0 saturated carbocycles. The lowest BCUT2D eigenvalue weighted by atomic mass is 10.1. The third kappa shape index (κ3) is 3.51. The van der Waals surface area contributed by atoms with Crippen molar-refractivity contribution >= 4 is 28.9 Å². The number of halogens is 2. The first kappa shape index (κ1) is 13.9. The minimum absolute atomic E-state index is 0.560. The van der Waals surface area contributed by atoms with E-state index in [2.05, 4.69) is 25.9 Å². The Morgan fingerprint density at radius 1 is 1.05 bits per heavy atom. The van der Waals surface area contributed by atoms with Crippen LogP contribution in [0.1, 0.15) is 5.56 Å². The number of anilines is 1. The second-order valence-electron chi connectivity index (χ2n) is 4.45. The van der Waals surface area contributed by atoms with Crippen molar-refractivity contribution in [2.75, 3.05) is 5.32 Å². The molecular weight excluding hydrogens is 309 g/mol. The van der Waals surface area contributed by atoms with Crippen LogP contribution in [-0.4, -0.2) is 20.6 Å². The number of nitrogens with one attached hydrogen (secondary N) is 2. The number of hydrogen-bond acceptors (Lipinski definition) is 4. The van der Waals surface area contributed by atoms with Gasteiger partial charge in [-0.05, 0) is 41.1 Å². The van der Waals surface area contributed by atoms with Crippen LogP contribution in [0, 0.1) is 0 Å². The second-order valence-corrected chi connectivity index (χ2v) is 5.32. The fourth-order valence-electron chi connectivity index (χ4n) is 1.97. The van der Waals surface area contributed by atoms with Crippen molar-refractivity contribution in [1.82, 2.24) is 20.6 Å². The van der Waals surface area contributed by atoms with Crippen LogP contribution in [0.2, 0.25) is 10.0 Å². The second kappa shape index (κ2) is 6.11. The minimum atomic E-state index is 0.560. The van der Waals surface area contributed by atoms with E-state index in [0.29, 0.717) is 22.4 Å². The van der Waals surface area contributed by atoms with Gasteiger partial charge in [0.15, 0.2) is 0 Å². The predicted octanol–water partition coefficient (Wildman–Crippen LogP) is 3.79. The molecule has 0 bridgehead atoms. The summed E-state index contributed by atoms with van der Waals surface area (Å²) in [6, 6.07) is 13.2. The Morgan fingerprint density at radius 2 is 1.86 bits per heavy atom. The van der Waals surface area contributed by atoms with Crippen molar-refractivity contribution in [2.45, 2.75) is 6.54 Å². The predicted molar refractivity (Wildman–Crippen MR) is 83.4 cm³/mol. The highest BCUT2D eigenvalue weighted by atomic mass is 35.5. The van der Waals surface area contributed by atoms with E-state index >= 15 is 0 Å². The number of hydrogen-bond donors (Lipinski definition) is 2. The largest absolute Gasteiger partial charge is 0.381 e. The summed E-state index contributed by atoms with van der Waals surface area (Å²) in [7, 11) is 0. The average Bonchev–Trinajstić information content (AvgIpc) is 2.99. The number of benzene rings is 2. The quantitative estimate of drug-likeness (QED) is 0.767. The molecular formula is C14H11Cl2N5. The van der Waals surface area contributed by atoms with Gasteiger partial charge < -0.3 is 5.32 Å². The lowest BCUT2D eigenvalue weighted by Crippen LogP contribution is -1.99. The molecule has 0 spiro atoms. The van der Waals surface area contributed by atoms with Crippen LogP contribution < -0.4 is 5.32 Å². The minimum Gasteiger partial charge on any atom is -0.381 e. The molecule has 1 aromatic heterocycles. The molecule has 3 aromatic rings. The smallest absolute Gasteiger partial charge is 0.204 e. The van der Waals surface area contributed by atoms with Crippen LogP contribution in [0.3, 0.4) is 0 Å². The van der Waals surface area contributed by atoms with E-state index in [1.165, 1.54) is 0 Å². The summed E-state index contributed by atoms with van der Waals surface area (Å²) in [5.74, 6) is 0.560. The van der Waals surface area contributed by atoms with E-state index in [9.17, 15) is 0 Å². The third-order valence-electron chi connectivity index (χ3n) is 2.89. The van der Waals surface area contributed by atoms with Crippen LogP contribution in [-0.2, 0) is 6.54 Å². The van der Waals surface area contributed by atoms with Crippen LogP contribution in [0.5, 0.6) is 0 Å². The highest BCUT2D eigenvalue weighted by molar-refractivity contribution is 6.34. The summed E-state index contributed by atoms with van der Waals surface area (Å²) in [5, 5.41) is 18.5. The molecule has 3 rings (SSSR count). The monoisotopic (exact) mass is 319 g/mol. The molecule has 21 heavy (non-hydrogen) atoms. The van der Waals surface area contributed by atoms with Crippen molar-refractivity contribution in [1.29, 1.82) is 0 Å². The highest BCUT2D eigenvalue weighted by Gasteiger charge is 2.04. The molecule has 0 amide bonds. The first-order chi connectivity index (χ1) is 10.2. The molecule has 0 saturated heterocycles. The number of rotatable bonds is 4. The van der Waals surface area contributed by atoms with E-state index in [1.54, 1.807) is 6.07 Å². The Hall–Kier alpha value is -2.11. The van der Waals surface area contributed by atoms with Gasteiger partial charge in [-0.2, -0.15) is 5.21 Å². The van der Waals surface area contributed by atoms with E-state index in [1.807, 2.05) is 36.4 Å². The Bertz CT molecular complexity index is 723. The summed E-state index contributed by atoms with van der Waals surface area (Å²) in [6.45, 7) is 0.621. The maximum absolute atomic E-state index is 5.99. The van der Waals surface area contributed by atoms with Gasteiger partial charge in [-0.3, -0.25) is 0 Å². The Balaban J connectivity index is 1.75. The van der Waals surface area contributed by atoms with Gasteiger partial charge >= 0.3 is 0 Å². The molecule has 2 aromatic carbocycles. The Labute approximate surface area is 131 Å². The molecule has 0 aliphatic rings. The fraction of sp³-hybridized carbons (Fsp3) is 0.0714. The molecule has 0 aliphatic carbocycles. The van der Waals surface area contributed by atoms with E-state index in [-0.39, 0.29) is 0 Å². The molecule has 7 heteroatoms.